The van der Waals surface area contributed by atoms with Gasteiger partial charge in [0.2, 0.25) is 0 Å². The van der Waals surface area contributed by atoms with E-state index in [1.165, 1.54) is 29.7 Å². The summed E-state index contributed by atoms with van der Waals surface area (Å²) in [4.78, 5) is 2.39. The molecule has 0 radical (unpaired) electrons. The quantitative estimate of drug-likeness (QED) is 0.770. The molecule has 2 aromatic rings. The lowest BCUT2D eigenvalue weighted by molar-refractivity contribution is 0.267. The molecule has 1 unspecified atom stereocenters. The zero-order chi connectivity index (χ0) is 17.1. The minimum atomic E-state index is 0.462. The second kappa shape index (κ2) is 7.29. The maximum Gasteiger partial charge on any atom is 0.121 e. The summed E-state index contributed by atoms with van der Waals surface area (Å²) in [5, 5.41) is 11.6. The molecule has 2 aliphatic rings. The van der Waals surface area contributed by atoms with Gasteiger partial charge < -0.3 is 21.3 Å². The van der Waals surface area contributed by atoms with Gasteiger partial charge in [-0.1, -0.05) is 24.3 Å². The zero-order valence-corrected chi connectivity index (χ0v) is 14.5. The van der Waals surface area contributed by atoms with Gasteiger partial charge in [-0.3, -0.25) is 0 Å². The molecule has 0 saturated carbocycles. The highest BCUT2D eigenvalue weighted by atomic mass is 15.4. The largest absolute Gasteiger partial charge is 0.366 e. The Kier molecular flexibility index (Phi) is 4.72. The van der Waals surface area contributed by atoms with E-state index in [4.69, 9.17) is 5.73 Å². The maximum atomic E-state index is 5.93. The Bertz CT molecular complexity index is 744. The third kappa shape index (κ3) is 3.55. The van der Waals surface area contributed by atoms with Crippen molar-refractivity contribution in [3.8, 4) is 0 Å². The molecule has 6 heteroatoms. The van der Waals surface area contributed by atoms with Gasteiger partial charge in [-0.05, 0) is 36.6 Å². The van der Waals surface area contributed by atoms with Crippen LogP contribution in [0.2, 0.25) is 0 Å². The summed E-state index contributed by atoms with van der Waals surface area (Å²) in [6, 6.07) is 11.0. The molecule has 1 atom stereocenters. The monoisotopic (exact) mass is 338 g/mol. The lowest BCUT2D eigenvalue weighted by atomic mass is 10.1. The van der Waals surface area contributed by atoms with Crippen LogP contribution in [0.1, 0.15) is 29.7 Å². The third-order valence-electron chi connectivity index (χ3n) is 5.04. The Morgan fingerprint density at radius 1 is 1.24 bits per heavy atom. The molecule has 0 aliphatic carbocycles. The fraction of sp³-hybridized carbons (Fsp3) is 0.421. The fourth-order valence-electron chi connectivity index (χ4n) is 3.63. The third-order valence-corrected chi connectivity index (χ3v) is 5.04. The van der Waals surface area contributed by atoms with E-state index in [1.807, 2.05) is 10.9 Å². The van der Waals surface area contributed by atoms with Gasteiger partial charge in [-0.15, -0.1) is 0 Å². The van der Waals surface area contributed by atoms with E-state index < -0.39 is 0 Å². The van der Waals surface area contributed by atoms with E-state index in [0.29, 0.717) is 12.6 Å². The number of aromatic nitrogens is 2. The Balaban J connectivity index is 1.58. The Labute approximate surface area is 148 Å². The number of nitrogens with two attached hydrogens (primary N) is 1. The van der Waals surface area contributed by atoms with Crippen LogP contribution in [0.15, 0.2) is 42.3 Å². The SMILES string of the molecule is NCc1ccccc1CN1Cc2ccnn2C=C1NC1CCCNC1. The highest BCUT2D eigenvalue weighted by Gasteiger charge is 2.22. The normalized spacial score (nSPS) is 20.1. The minimum absolute atomic E-state index is 0.462. The Hall–Kier alpha value is -2.31. The molecule has 1 saturated heterocycles. The molecule has 1 fully saturated rings. The maximum absolute atomic E-state index is 5.93. The van der Waals surface area contributed by atoms with Crippen molar-refractivity contribution in [2.24, 2.45) is 5.73 Å². The highest BCUT2D eigenvalue weighted by molar-refractivity contribution is 5.36. The van der Waals surface area contributed by atoms with Crippen molar-refractivity contribution in [3.05, 3.63) is 59.2 Å². The molecule has 0 spiro atoms. The highest BCUT2D eigenvalue weighted by Crippen LogP contribution is 2.22. The van der Waals surface area contributed by atoms with E-state index in [0.717, 1.165) is 32.0 Å². The predicted octanol–water partition coefficient (Wildman–Crippen LogP) is 1.46. The molecule has 0 amide bonds. The molecular weight excluding hydrogens is 312 g/mol. The van der Waals surface area contributed by atoms with Crippen LogP contribution in [0.4, 0.5) is 0 Å². The Morgan fingerprint density at radius 2 is 2.12 bits per heavy atom. The molecule has 4 N–H and O–H groups in total. The first kappa shape index (κ1) is 16.2. The summed E-state index contributed by atoms with van der Waals surface area (Å²) in [5.41, 5.74) is 9.63. The van der Waals surface area contributed by atoms with Gasteiger partial charge in [0.15, 0.2) is 0 Å². The lowest BCUT2D eigenvalue weighted by Crippen LogP contribution is -2.46. The molecule has 132 valence electrons. The molecule has 1 aromatic heterocycles. The topological polar surface area (TPSA) is 71.1 Å². The first-order valence-corrected chi connectivity index (χ1v) is 9.07. The summed E-state index contributed by atoms with van der Waals surface area (Å²) in [5.74, 6) is 1.14. The standard InChI is InChI=1S/C19H26N6/c20-10-15-4-1-2-5-16(15)12-24-13-18-7-9-22-25(18)14-19(24)23-17-6-3-8-21-11-17/h1-2,4-5,7,9,14,17,21,23H,3,6,8,10-13,20H2. The van der Waals surface area contributed by atoms with Gasteiger partial charge in [-0.2, -0.15) is 5.10 Å². The van der Waals surface area contributed by atoms with Crippen molar-refractivity contribution in [2.75, 3.05) is 13.1 Å². The lowest BCUT2D eigenvalue weighted by Gasteiger charge is -2.35. The van der Waals surface area contributed by atoms with E-state index in [9.17, 15) is 0 Å². The summed E-state index contributed by atoms with van der Waals surface area (Å²) in [7, 11) is 0. The van der Waals surface area contributed by atoms with Gasteiger partial charge in [0.25, 0.3) is 0 Å². The second-order valence-electron chi connectivity index (χ2n) is 6.80. The number of piperidine rings is 1. The molecule has 25 heavy (non-hydrogen) atoms. The first-order chi connectivity index (χ1) is 12.3. The van der Waals surface area contributed by atoms with Crippen LogP contribution in [0, 0.1) is 0 Å². The van der Waals surface area contributed by atoms with Crippen molar-refractivity contribution >= 4 is 6.20 Å². The van der Waals surface area contributed by atoms with E-state index in [-0.39, 0.29) is 0 Å². The summed E-state index contributed by atoms with van der Waals surface area (Å²) in [6.45, 7) is 4.39. The number of benzene rings is 1. The van der Waals surface area contributed by atoms with Gasteiger partial charge >= 0.3 is 0 Å². The van der Waals surface area contributed by atoms with E-state index in [1.54, 1.807) is 0 Å². The van der Waals surface area contributed by atoms with Crippen molar-refractivity contribution in [1.82, 2.24) is 25.3 Å². The molecule has 4 rings (SSSR count). The summed E-state index contributed by atoms with van der Waals surface area (Å²) in [6.07, 6.45) is 6.39. The zero-order valence-electron chi connectivity index (χ0n) is 14.5. The average molecular weight is 338 g/mol. The average Bonchev–Trinajstić information content (AvgIpc) is 3.10. The van der Waals surface area contributed by atoms with Crippen LogP contribution >= 0.6 is 0 Å². The molecule has 1 aromatic carbocycles. The van der Waals surface area contributed by atoms with Crippen LogP contribution in [0.5, 0.6) is 0 Å². The van der Waals surface area contributed by atoms with Crippen molar-refractivity contribution in [1.29, 1.82) is 0 Å². The number of rotatable bonds is 5. The van der Waals surface area contributed by atoms with Gasteiger partial charge in [0.1, 0.15) is 5.82 Å². The van der Waals surface area contributed by atoms with Gasteiger partial charge in [0, 0.05) is 31.9 Å². The number of nitrogens with zero attached hydrogens (tertiary/aromatic N) is 3. The second-order valence-corrected chi connectivity index (χ2v) is 6.80. The molecule has 0 bridgehead atoms. The summed E-state index contributed by atoms with van der Waals surface area (Å²) >= 11 is 0. The number of hydrogen-bond acceptors (Lipinski definition) is 5. The van der Waals surface area contributed by atoms with Crippen LogP contribution in [-0.2, 0) is 19.6 Å². The summed E-state index contributed by atoms with van der Waals surface area (Å²) < 4.78 is 1.98. The van der Waals surface area contributed by atoms with Gasteiger partial charge in [-0.25, -0.2) is 4.68 Å². The van der Waals surface area contributed by atoms with E-state index in [2.05, 4.69) is 57.2 Å². The Morgan fingerprint density at radius 3 is 2.92 bits per heavy atom. The molecule has 2 aliphatic heterocycles. The first-order valence-electron chi connectivity index (χ1n) is 9.07. The van der Waals surface area contributed by atoms with Crippen LogP contribution in [-0.4, -0.2) is 33.8 Å². The smallest absolute Gasteiger partial charge is 0.121 e. The van der Waals surface area contributed by atoms with Crippen molar-refractivity contribution in [3.63, 3.8) is 0 Å². The minimum Gasteiger partial charge on any atom is -0.366 e. The van der Waals surface area contributed by atoms with Gasteiger partial charge in [0.05, 0.1) is 18.4 Å². The van der Waals surface area contributed by atoms with Crippen molar-refractivity contribution < 1.29 is 0 Å². The van der Waals surface area contributed by atoms with Crippen LogP contribution in [0.3, 0.4) is 0 Å². The van der Waals surface area contributed by atoms with Crippen LogP contribution < -0.4 is 16.4 Å². The number of nitrogens with one attached hydrogen (secondary N) is 2. The fourth-order valence-corrected chi connectivity index (χ4v) is 3.63. The van der Waals surface area contributed by atoms with Crippen LogP contribution in [0.25, 0.3) is 6.20 Å². The van der Waals surface area contributed by atoms with E-state index >= 15 is 0 Å². The molecule has 6 nitrogen and oxygen atoms in total. The number of hydrogen-bond donors (Lipinski definition) is 3. The number of fused-ring (bicyclic) bond motifs is 1. The van der Waals surface area contributed by atoms with Crippen molar-refractivity contribution in [2.45, 2.75) is 38.5 Å². The predicted molar refractivity (Wildman–Crippen MR) is 99.1 cm³/mol. The molecular formula is C19H26N6. The molecule has 3 heterocycles.